The maximum atomic E-state index is 12.4. The van der Waals surface area contributed by atoms with Gasteiger partial charge in [-0.15, -0.1) is 0 Å². The third kappa shape index (κ3) is 3.35. The van der Waals surface area contributed by atoms with E-state index in [4.69, 9.17) is 5.73 Å². The highest BCUT2D eigenvalue weighted by atomic mass is 16.1. The van der Waals surface area contributed by atoms with Crippen LogP contribution in [0.15, 0.2) is 17.2 Å². The first-order valence-electron chi connectivity index (χ1n) is 6.86. The van der Waals surface area contributed by atoms with Crippen molar-refractivity contribution in [3.8, 4) is 0 Å². The van der Waals surface area contributed by atoms with Gasteiger partial charge in [0.2, 0.25) is 0 Å². The Bertz CT molecular complexity index is 461. The summed E-state index contributed by atoms with van der Waals surface area (Å²) in [7, 11) is 0. The first-order valence-corrected chi connectivity index (χ1v) is 6.86. The molecule has 1 aromatic heterocycles. The first kappa shape index (κ1) is 15.7. The summed E-state index contributed by atoms with van der Waals surface area (Å²) >= 11 is 0. The van der Waals surface area contributed by atoms with E-state index in [1.54, 1.807) is 17.0 Å². The zero-order valence-electron chi connectivity index (χ0n) is 12.7. The van der Waals surface area contributed by atoms with Crippen molar-refractivity contribution >= 4 is 5.82 Å². The second-order valence-electron chi connectivity index (χ2n) is 5.94. The fourth-order valence-corrected chi connectivity index (χ4v) is 2.04. The Hall–Kier alpha value is -1.36. The quantitative estimate of drug-likeness (QED) is 0.854. The Morgan fingerprint density at radius 1 is 1.32 bits per heavy atom. The predicted octanol–water partition coefficient (Wildman–Crippen LogP) is 1.93. The maximum absolute atomic E-state index is 12.4. The minimum absolute atomic E-state index is 0.102. The predicted molar refractivity (Wildman–Crippen MR) is 79.5 cm³/mol. The van der Waals surface area contributed by atoms with Gasteiger partial charge in [-0.05, 0) is 33.6 Å². The van der Waals surface area contributed by atoms with Crippen LogP contribution in [0.5, 0.6) is 0 Å². The molecule has 19 heavy (non-hydrogen) atoms. The average molecular weight is 266 g/mol. The smallest absolute Gasteiger partial charge is 0.293 e. The molecule has 0 radical (unpaired) electrons. The molecule has 0 aliphatic rings. The van der Waals surface area contributed by atoms with E-state index >= 15 is 0 Å². The molecule has 0 saturated heterocycles. The van der Waals surface area contributed by atoms with Gasteiger partial charge in [0.25, 0.3) is 5.56 Å². The summed E-state index contributed by atoms with van der Waals surface area (Å²) in [5.41, 5.74) is 5.23. The highest BCUT2D eigenvalue weighted by Gasteiger charge is 2.26. The molecule has 0 unspecified atom stereocenters. The van der Waals surface area contributed by atoms with Crippen molar-refractivity contribution in [2.24, 2.45) is 5.73 Å². The van der Waals surface area contributed by atoms with Gasteiger partial charge < -0.3 is 15.6 Å². The van der Waals surface area contributed by atoms with Gasteiger partial charge >= 0.3 is 0 Å². The molecule has 5 heteroatoms. The number of hydrogen-bond acceptors (Lipinski definition) is 4. The summed E-state index contributed by atoms with van der Waals surface area (Å²) in [5.74, 6) is 0.381. The number of aromatic nitrogens is 2. The largest absolute Gasteiger partial charge is 0.359 e. The van der Waals surface area contributed by atoms with Gasteiger partial charge in [-0.25, -0.2) is 4.98 Å². The van der Waals surface area contributed by atoms with Crippen LogP contribution in [0.3, 0.4) is 0 Å². The molecule has 0 spiro atoms. The Morgan fingerprint density at radius 2 is 1.89 bits per heavy atom. The lowest BCUT2D eigenvalue weighted by Crippen LogP contribution is -2.47. The van der Waals surface area contributed by atoms with Crippen molar-refractivity contribution in [3.05, 3.63) is 22.7 Å². The van der Waals surface area contributed by atoms with E-state index in [1.165, 1.54) is 0 Å². The molecule has 1 heterocycles. The van der Waals surface area contributed by atoms with E-state index in [9.17, 15) is 4.79 Å². The molecule has 0 saturated carbocycles. The molecule has 0 atom stereocenters. The van der Waals surface area contributed by atoms with Gasteiger partial charge in [0.15, 0.2) is 5.82 Å². The van der Waals surface area contributed by atoms with Crippen molar-refractivity contribution in [2.45, 2.75) is 58.5 Å². The van der Waals surface area contributed by atoms with Gasteiger partial charge in [0, 0.05) is 24.5 Å². The maximum Gasteiger partial charge on any atom is 0.293 e. The van der Waals surface area contributed by atoms with Gasteiger partial charge in [-0.1, -0.05) is 13.8 Å². The van der Waals surface area contributed by atoms with E-state index in [-0.39, 0.29) is 16.6 Å². The minimum atomic E-state index is -0.264. The van der Waals surface area contributed by atoms with Crippen LogP contribution in [0.2, 0.25) is 0 Å². The number of hydrogen-bond donors (Lipinski definition) is 2. The van der Waals surface area contributed by atoms with Crippen molar-refractivity contribution in [1.82, 2.24) is 9.55 Å². The Balaban J connectivity index is 3.20. The summed E-state index contributed by atoms with van der Waals surface area (Å²) in [6.07, 6.45) is 5.08. The summed E-state index contributed by atoms with van der Waals surface area (Å²) < 4.78 is 1.69. The fourth-order valence-electron chi connectivity index (χ4n) is 2.04. The van der Waals surface area contributed by atoms with E-state index in [0.29, 0.717) is 12.4 Å². The molecule has 0 fully saturated rings. The molecular weight excluding hydrogens is 240 g/mol. The van der Waals surface area contributed by atoms with Crippen LogP contribution < -0.4 is 16.6 Å². The highest BCUT2D eigenvalue weighted by Crippen LogP contribution is 2.18. The third-order valence-electron chi connectivity index (χ3n) is 3.69. The number of anilines is 1. The van der Waals surface area contributed by atoms with E-state index < -0.39 is 0 Å². The van der Waals surface area contributed by atoms with Crippen molar-refractivity contribution < 1.29 is 0 Å². The fraction of sp³-hybridized carbons (Fsp3) is 0.714. The second-order valence-corrected chi connectivity index (χ2v) is 5.94. The highest BCUT2D eigenvalue weighted by molar-refractivity contribution is 5.35. The van der Waals surface area contributed by atoms with Crippen LogP contribution in [-0.2, 0) is 5.54 Å². The second kappa shape index (κ2) is 5.74. The van der Waals surface area contributed by atoms with Crippen molar-refractivity contribution in [3.63, 3.8) is 0 Å². The molecular formula is C14H26N4O. The number of rotatable bonds is 5. The number of nitrogens with zero attached hydrogens (tertiary/aromatic N) is 2. The zero-order valence-corrected chi connectivity index (χ0v) is 12.7. The van der Waals surface area contributed by atoms with Crippen LogP contribution in [-0.4, -0.2) is 21.6 Å². The summed E-state index contributed by atoms with van der Waals surface area (Å²) in [6.45, 7) is 10.6. The summed E-state index contributed by atoms with van der Waals surface area (Å²) in [6, 6.07) is 0. The molecule has 0 aromatic carbocycles. The van der Waals surface area contributed by atoms with E-state index in [1.807, 2.05) is 20.8 Å². The normalized spacial score (nSPS) is 12.5. The van der Waals surface area contributed by atoms with Gasteiger partial charge in [0.05, 0.1) is 5.54 Å². The standard InChI is InChI=1S/C14H26N4O/c1-6-14(7-2,10-15)17-11-12(19)18(9-8-16-11)13(3,4)5/h8-9H,6-7,10,15H2,1-5H3,(H,16,17). The van der Waals surface area contributed by atoms with E-state index in [2.05, 4.69) is 24.1 Å². The van der Waals surface area contributed by atoms with E-state index in [0.717, 1.165) is 12.8 Å². The van der Waals surface area contributed by atoms with Crippen LogP contribution in [0, 0.1) is 0 Å². The van der Waals surface area contributed by atoms with Crippen LogP contribution in [0.25, 0.3) is 0 Å². The van der Waals surface area contributed by atoms with Gasteiger partial charge in [0.1, 0.15) is 0 Å². The molecule has 0 amide bonds. The van der Waals surface area contributed by atoms with Crippen molar-refractivity contribution in [2.75, 3.05) is 11.9 Å². The third-order valence-corrected chi connectivity index (χ3v) is 3.69. The molecule has 0 aliphatic heterocycles. The molecule has 1 aromatic rings. The number of nitrogens with two attached hydrogens (primary N) is 1. The lowest BCUT2D eigenvalue weighted by molar-refractivity contribution is 0.380. The van der Waals surface area contributed by atoms with Crippen molar-refractivity contribution in [1.29, 1.82) is 0 Å². The molecule has 0 aliphatic carbocycles. The van der Waals surface area contributed by atoms with Crippen LogP contribution in [0.4, 0.5) is 5.82 Å². The molecule has 3 N–H and O–H groups in total. The zero-order chi connectivity index (χ0) is 14.7. The van der Waals surface area contributed by atoms with Gasteiger partial charge in [-0.3, -0.25) is 4.79 Å². The Labute approximate surface area is 115 Å². The Morgan fingerprint density at radius 3 is 2.32 bits per heavy atom. The number of nitrogens with one attached hydrogen (secondary N) is 1. The first-order chi connectivity index (χ1) is 8.79. The topological polar surface area (TPSA) is 72.9 Å². The lowest BCUT2D eigenvalue weighted by Gasteiger charge is -2.32. The lowest BCUT2D eigenvalue weighted by atomic mass is 9.93. The Kier molecular flexibility index (Phi) is 4.74. The van der Waals surface area contributed by atoms with Crippen LogP contribution in [0.1, 0.15) is 47.5 Å². The monoisotopic (exact) mass is 266 g/mol. The molecule has 1 rings (SSSR count). The van der Waals surface area contributed by atoms with Gasteiger partial charge in [-0.2, -0.15) is 0 Å². The molecule has 5 nitrogen and oxygen atoms in total. The molecule has 108 valence electrons. The SMILES string of the molecule is CCC(CC)(CN)Nc1nccn(C(C)(C)C)c1=O. The summed E-state index contributed by atoms with van der Waals surface area (Å²) in [4.78, 5) is 16.6. The van der Waals surface area contributed by atoms with Crippen LogP contribution >= 0.6 is 0 Å². The molecule has 0 bridgehead atoms. The minimum Gasteiger partial charge on any atom is -0.359 e. The summed E-state index contributed by atoms with van der Waals surface area (Å²) in [5, 5.41) is 3.25. The average Bonchev–Trinajstić information content (AvgIpc) is 2.37.